The van der Waals surface area contributed by atoms with Crippen LogP contribution in [0.1, 0.15) is 49.0 Å². The number of halogens is 1. The Morgan fingerprint density at radius 2 is 2.18 bits per heavy atom. The molecule has 1 aromatic carbocycles. The van der Waals surface area contributed by atoms with Crippen LogP contribution in [0.25, 0.3) is 0 Å². The second-order valence-corrected chi connectivity index (χ2v) is 5.53. The van der Waals surface area contributed by atoms with Crippen LogP contribution < -0.4 is 5.32 Å². The predicted molar refractivity (Wildman–Crippen MR) is 80.3 cm³/mol. The Balaban J connectivity index is 2.67. The molecule has 0 saturated heterocycles. The average Bonchev–Trinajstić information content (AvgIpc) is 2.29. The lowest BCUT2D eigenvalue weighted by atomic mass is 10.1. The van der Waals surface area contributed by atoms with Gasteiger partial charge in [-0.15, -0.1) is 0 Å². The summed E-state index contributed by atoms with van der Waals surface area (Å²) < 4.78 is 1.05. The van der Waals surface area contributed by atoms with Gasteiger partial charge in [-0.3, -0.25) is 4.79 Å². The van der Waals surface area contributed by atoms with Crippen molar-refractivity contribution in [2.45, 2.75) is 46.1 Å². The van der Waals surface area contributed by atoms with Gasteiger partial charge in [-0.2, -0.15) is 0 Å². The van der Waals surface area contributed by atoms with Gasteiger partial charge in [0.25, 0.3) is 5.91 Å². The molecular weight excluding hydrogens is 325 g/mol. The minimum Gasteiger partial charge on any atom is -0.350 e. The van der Waals surface area contributed by atoms with Crippen molar-refractivity contribution in [1.29, 1.82) is 0 Å². The third-order valence-corrected chi connectivity index (χ3v) is 4.24. The van der Waals surface area contributed by atoms with E-state index in [0.29, 0.717) is 0 Å². The van der Waals surface area contributed by atoms with Gasteiger partial charge in [0.15, 0.2) is 0 Å². The number of nitrogens with one attached hydrogen (secondary N) is 1. The molecule has 0 radical (unpaired) electrons. The van der Waals surface area contributed by atoms with Crippen LogP contribution >= 0.6 is 22.6 Å². The molecule has 1 amide bonds. The summed E-state index contributed by atoms with van der Waals surface area (Å²) >= 11 is 2.23. The highest BCUT2D eigenvalue weighted by Gasteiger charge is 2.13. The van der Waals surface area contributed by atoms with Crippen LogP contribution in [0.4, 0.5) is 0 Å². The minimum absolute atomic E-state index is 0.0432. The van der Waals surface area contributed by atoms with Crippen LogP contribution in [0.2, 0.25) is 0 Å². The Morgan fingerprint density at radius 3 is 2.82 bits per heavy atom. The number of carbonyl (C=O) groups is 1. The van der Waals surface area contributed by atoms with E-state index in [1.165, 1.54) is 6.42 Å². The molecule has 17 heavy (non-hydrogen) atoms. The summed E-state index contributed by atoms with van der Waals surface area (Å²) in [6.45, 7) is 6.26. The van der Waals surface area contributed by atoms with Crippen LogP contribution in [0.5, 0.6) is 0 Å². The Hall–Kier alpha value is -0.580. The maximum Gasteiger partial charge on any atom is 0.252 e. The first-order chi connectivity index (χ1) is 8.06. The molecule has 94 valence electrons. The smallest absolute Gasteiger partial charge is 0.252 e. The van der Waals surface area contributed by atoms with Gasteiger partial charge in [-0.25, -0.2) is 0 Å². The molecule has 2 nitrogen and oxygen atoms in total. The van der Waals surface area contributed by atoms with Crippen LogP contribution in [-0.2, 0) is 0 Å². The van der Waals surface area contributed by atoms with E-state index in [2.05, 4.69) is 41.8 Å². The van der Waals surface area contributed by atoms with Gasteiger partial charge in [0, 0.05) is 9.61 Å². The van der Waals surface area contributed by atoms with E-state index in [-0.39, 0.29) is 11.9 Å². The molecule has 1 N–H and O–H groups in total. The molecule has 0 aliphatic carbocycles. The zero-order chi connectivity index (χ0) is 12.8. The van der Waals surface area contributed by atoms with E-state index in [9.17, 15) is 4.79 Å². The molecule has 0 aliphatic heterocycles. The Bertz CT molecular complexity index is 390. The first-order valence-corrected chi connectivity index (χ1v) is 7.20. The lowest BCUT2D eigenvalue weighted by Gasteiger charge is -2.14. The second-order valence-electron chi connectivity index (χ2n) is 4.45. The molecule has 0 bridgehead atoms. The van der Waals surface area contributed by atoms with Gasteiger partial charge >= 0.3 is 0 Å². The summed E-state index contributed by atoms with van der Waals surface area (Å²) in [7, 11) is 0. The first kappa shape index (κ1) is 14.5. The third-order valence-electron chi connectivity index (χ3n) is 2.80. The fourth-order valence-electron chi connectivity index (χ4n) is 1.71. The first-order valence-electron chi connectivity index (χ1n) is 6.12. The number of amides is 1. The lowest BCUT2D eigenvalue weighted by molar-refractivity contribution is 0.0937. The van der Waals surface area contributed by atoms with Gasteiger partial charge in [0.2, 0.25) is 0 Å². The normalized spacial score (nSPS) is 12.2. The molecule has 0 heterocycles. The van der Waals surface area contributed by atoms with Crippen molar-refractivity contribution in [2.75, 3.05) is 0 Å². The molecule has 0 fully saturated rings. The summed E-state index contributed by atoms with van der Waals surface area (Å²) in [6, 6.07) is 6.09. The van der Waals surface area contributed by atoms with Crippen molar-refractivity contribution in [3.63, 3.8) is 0 Å². The number of hydrogen-bond donors (Lipinski definition) is 1. The van der Waals surface area contributed by atoms with Gasteiger partial charge in [-0.1, -0.05) is 31.9 Å². The highest BCUT2D eigenvalue weighted by molar-refractivity contribution is 14.1. The quantitative estimate of drug-likeness (QED) is 0.806. The number of rotatable bonds is 5. The molecule has 3 heteroatoms. The highest BCUT2D eigenvalue weighted by Crippen LogP contribution is 2.16. The van der Waals surface area contributed by atoms with Crippen LogP contribution in [0.15, 0.2) is 18.2 Å². The molecule has 0 aromatic heterocycles. The lowest BCUT2D eigenvalue weighted by Crippen LogP contribution is -2.33. The van der Waals surface area contributed by atoms with E-state index < -0.39 is 0 Å². The van der Waals surface area contributed by atoms with Gasteiger partial charge in [0.05, 0.1) is 5.56 Å². The molecule has 1 unspecified atom stereocenters. The van der Waals surface area contributed by atoms with Crippen LogP contribution in [0, 0.1) is 10.5 Å². The standard InChI is InChI=1S/C14H20INO/c1-4-5-8-11(3)16-14(17)12-9-6-7-10(2)13(12)15/h6-7,9,11H,4-5,8H2,1-3H3,(H,16,17). The molecule has 0 saturated carbocycles. The van der Waals surface area contributed by atoms with Gasteiger partial charge in [0.1, 0.15) is 0 Å². The maximum absolute atomic E-state index is 12.1. The number of benzene rings is 1. The van der Waals surface area contributed by atoms with E-state index in [0.717, 1.165) is 27.5 Å². The zero-order valence-electron chi connectivity index (χ0n) is 10.7. The molecule has 1 rings (SSSR count). The summed E-state index contributed by atoms with van der Waals surface area (Å²) in [5, 5.41) is 3.06. The SMILES string of the molecule is CCCCC(C)NC(=O)c1cccc(C)c1I. The van der Waals surface area contributed by atoms with Crippen molar-refractivity contribution in [1.82, 2.24) is 5.32 Å². The fraction of sp³-hybridized carbons (Fsp3) is 0.500. The van der Waals surface area contributed by atoms with Crippen LogP contribution in [-0.4, -0.2) is 11.9 Å². The van der Waals surface area contributed by atoms with Gasteiger partial charge in [-0.05, 0) is 54.5 Å². The third kappa shape index (κ3) is 4.30. The summed E-state index contributed by atoms with van der Waals surface area (Å²) in [6.07, 6.45) is 3.37. The van der Waals surface area contributed by atoms with E-state index in [4.69, 9.17) is 0 Å². The molecule has 0 aliphatic rings. The Kier molecular flexibility index (Phi) is 5.95. The number of carbonyl (C=O) groups excluding carboxylic acids is 1. The number of hydrogen-bond acceptors (Lipinski definition) is 1. The van der Waals surface area contributed by atoms with E-state index >= 15 is 0 Å². The molecular formula is C14H20INO. The van der Waals surface area contributed by atoms with Crippen LogP contribution in [0.3, 0.4) is 0 Å². The van der Waals surface area contributed by atoms with Crippen molar-refractivity contribution in [3.8, 4) is 0 Å². The second kappa shape index (κ2) is 6.99. The summed E-state index contributed by atoms with van der Waals surface area (Å²) in [5.41, 5.74) is 1.94. The van der Waals surface area contributed by atoms with Crippen molar-refractivity contribution < 1.29 is 4.79 Å². The van der Waals surface area contributed by atoms with Crippen molar-refractivity contribution in [2.24, 2.45) is 0 Å². The zero-order valence-corrected chi connectivity index (χ0v) is 12.9. The number of aryl methyl sites for hydroxylation is 1. The average molecular weight is 345 g/mol. The predicted octanol–water partition coefficient (Wildman–Crippen LogP) is 3.91. The minimum atomic E-state index is 0.0432. The molecule has 1 aromatic rings. The molecule has 0 spiro atoms. The topological polar surface area (TPSA) is 29.1 Å². The maximum atomic E-state index is 12.1. The number of unbranched alkanes of at least 4 members (excludes halogenated alkanes) is 1. The van der Waals surface area contributed by atoms with Crippen molar-refractivity contribution >= 4 is 28.5 Å². The molecule has 1 atom stereocenters. The Labute approximate surface area is 117 Å². The highest BCUT2D eigenvalue weighted by atomic mass is 127. The monoisotopic (exact) mass is 345 g/mol. The fourth-order valence-corrected chi connectivity index (χ4v) is 2.31. The van der Waals surface area contributed by atoms with E-state index in [1.54, 1.807) is 0 Å². The summed E-state index contributed by atoms with van der Waals surface area (Å²) in [4.78, 5) is 12.1. The Morgan fingerprint density at radius 1 is 1.47 bits per heavy atom. The summed E-state index contributed by atoms with van der Waals surface area (Å²) in [5.74, 6) is 0.0432. The largest absolute Gasteiger partial charge is 0.350 e. The van der Waals surface area contributed by atoms with E-state index in [1.807, 2.05) is 25.1 Å². The van der Waals surface area contributed by atoms with Gasteiger partial charge < -0.3 is 5.32 Å². The van der Waals surface area contributed by atoms with Crippen molar-refractivity contribution in [3.05, 3.63) is 32.9 Å².